The number of likely N-dealkylation sites (tertiary alicyclic amines) is 1. The Bertz CT molecular complexity index is 1310. The monoisotopic (exact) mass is 533 g/mol. The summed E-state index contributed by atoms with van der Waals surface area (Å²) in [7, 11) is 1.55. The number of fused-ring (bicyclic) bond motifs is 1. The maximum atomic E-state index is 14.1. The van der Waals surface area contributed by atoms with E-state index in [1.165, 1.54) is 17.0 Å². The summed E-state index contributed by atoms with van der Waals surface area (Å²) >= 11 is 0. The SMILES string of the molecule is COc1cccc(NC(=O)C2[C@@H]3C=CC4(O3)C(C(=O)NC3CCCCC3)N(Cc3ccc(F)cc3)C(=O)[C@H]24)c1. The van der Waals surface area contributed by atoms with Gasteiger partial charge in [-0.25, -0.2) is 4.39 Å². The largest absolute Gasteiger partial charge is 0.497 e. The quantitative estimate of drug-likeness (QED) is 0.531. The van der Waals surface area contributed by atoms with Crippen LogP contribution in [0.3, 0.4) is 0 Å². The summed E-state index contributed by atoms with van der Waals surface area (Å²) in [5.74, 6) is -2.41. The molecule has 0 aromatic heterocycles. The molecular weight excluding hydrogens is 501 g/mol. The molecule has 2 aromatic rings. The smallest absolute Gasteiger partial charge is 0.246 e. The van der Waals surface area contributed by atoms with Gasteiger partial charge in [0.1, 0.15) is 23.2 Å². The van der Waals surface area contributed by atoms with Crippen LogP contribution >= 0.6 is 0 Å². The molecule has 39 heavy (non-hydrogen) atoms. The highest BCUT2D eigenvalue weighted by Crippen LogP contribution is 2.55. The number of rotatable bonds is 7. The minimum atomic E-state index is -1.25. The average Bonchev–Trinajstić information content (AvgIpc) is 3.58. The van der Waals surface area contributed by atoms with Crippen molar-refractivity contribution >= 4 is 23.4 Å². The first-order valence-corrected chi connectivity index (χ1v) is 13.6. The molecule has 3 amide bonds. The van der Waals surface area contributed by atoms with Crippen molar-refractivity contribution in [2.24, 2.45) is 11.8 Å². The van der Waals surface area contributed by atoms with Crippen LogP contribution in [0.15, 0.2) is 60.7 Å². The molecular formula is C30H32FN3O5. The molecule has 2 saturated heterocycles. The zero-order chi connectivity index (χ0) is 27.1. The maximum Gasteiger partial charge on any atom is 0.246 e. The molecule has 3 fully saturated rings. The minimum Gasteiger partial charge on any atom is -0.497 e. The molecule has 1 saturated carbocycles. The molecule has 6 rings (SSSR count). The van der Waals surface area contributed by atoms with Crippen molar-refractivity contribution in [3.63, 3.8) is 0 Å². The molecule has 2 N–H and O–H groups in total. The van der Waals surface area contributed by atoms with E-state index < -0.39 is 29.6 Å². The summed E-state index contributed by atoms with van der Waals surface area (Å²) in [5.41, 5.74) is -0.0236. The molecule has 3 heterocycles. The van der Waals surface area contributed by atoms with Crippen LogP contribution in [0.2, 0.25) is 0 Å². The van der Waals surface area contributed by atoms with Crippen molar-refractivity contribution in [1.82, 2.24) is 10.2 Å². The average molecular weight is 534 g/mol. The van der Waals surface area contributed by atoms with E-state index in [0.29, 0.717) is 17.0 Å². The molecule has 1 aliphatic carbocycles. The van der Waals surface area contributed by atoms with Crippen LogP contribution in [0.1, 0.15) is 37.7 Å². The van der Waals surface area contributed by atoms with Gasteiger partial charge in [-0.3, -0.25) is 14.4 Å². The number of hydrogen-bond acceptors (Lipinski definition) is 5. The first kappa shape index (κ1) is 25.6. The third-order valence-electron chi connectivity index (χ3n) is 8.48. The first-order chi connectivity index (χ1) is 18.9. The lowest BCUT2D eigenvalue weighted by atomic mass is 9.74. The van der Waals surface area contributed by atoms with Gasteiger partial charge in [-0.1, -0.05) is 49.6 Å². The molecule has 0 radical (unpaired) electrons. The summed E-state index contributed by atoms with van der Waals surface area (Å²) in [5, 5.41) is 6.08. The number of ether oxygens (including phenoxy) is 2. The van der Waals surface area contributed by atoms with Crippen molar-refractivity contribution in [3.05, 3.63) is 72.1 Å². The summed E-state index contributed by atoms with van der Waals surface area (Å²) in [6.45, 7) is 0.103. The number of halogens is 1. The zero-order valence-electron chi connectivity index (χ0n) is 21.8. The molecule has 4 aliphatic rings. The van der Waals surface area contributed by atoms with Crippen LogP contribution in [0.5, 0.6) is 5.75 Å². The maximum absolute atomic E-state index is 14.1. The van der Waals surface area contributed by atoms with Gasteiger partial charge < -0.3 is 25.0 Å². The molecule has 2 aromatic carbocycles. The fourth-order valence-corrected chi connectivity index (χ4v) is 6.68. The van der Waals surface area contributed by atoms with Gasteiger partial charge in [0.2, 0.25) is 17.7 Å². The standard InChI is InChI=1S/C30H32FN3O5/c1-38-22-9-5-8-21(16-22)33-27(35)24-23-14-15-30(39-23)25(24)29(37)34(17-18-10-12-19(31)13-11-18)26(30)28(36)32-20-6-3-2-4-7-20/h5,8-16,20,23-26H,2-4,6-7,17H2,1H3,(H,32,36)(H,33,35)/t23-,24?,25-,26?,30?/m0/s1. The van der Waals surface area contributed by atoms with E-state index in [9.17, 15) is 18.8 Å². The van der Waals surface area contributed by atoms with Gasteiger partial charge in [-0.15, -0.1) is 0 Å². The number of methoxy groups -OCH3 is 1. The lowest BCUT2D eigenvalue weighted by Crippen LogP contribution is -2.56. The number of benzene rings is 2. The molecule has 1 spiro atoms. The summed E-state index contributed by atoms with van der Waals surface area (Å²) in [6.07, 6.45) is 8.00. The third-order valence-corrected chi connectivity index (χ3v) is 8.48. The van der Waals surface area contributed by atoms with Crippen molar-refractivity contribution in [2.75, 3.05) is 12.4 Å². The minimum absolute atomic E-state index is 0.0409. The molecule has 204 valence electrons. The Morgan fingerprint density at radius 3 is 2.62 bits per heavy atom. The topological polar surface area (TPSA) is 97.0 Å². The Kier molecular flexibility index (Phi) is 6.62. The van der Waals surface area contributed by atoms with Gasteiger partial charge in [-0.2, -0.15) is 0 Å². The van der Waals surface area contributed by atoms with Crippen molar-refractivity contribution in [2.45, 2.75) is 62.4 Å². The second-order valence-corrected chi connectivity index (χ2v) is 10.9. The van der Waals surface area contributed by atoms with Gasteiger partial charge in [0.15, 0.2) is 0 Å². The van der Waals surface area contributed by atoms with Gasteiger partial charge in [0.05, 0.1) is 25.0 Å². The predicted octanol–water partition coefficient (Wildman–Crippen LogP) is 3.57. The Morgan fingerprint density at radius 1 is 1.10 bits per heavy atom. The highest BCUT2D eigenvalue weighted by atomic mass is 19.1. The second kappa shape index (κ2) is 10.1. The van der Waals surface area contributed by atoms with Gasteiger partial charge in [0.25, 0.3) is 0 Å². The van der Waals surface area contributed by atoms with E-state index in [4.69, 9.17) is 9.47 Å². The number of anilines is 1. The molecule has 5 atom stereocenters. The van der Waals surface area contributed by atoms with E-state index in [1.54, 1.807) is 55.7 Å². The zero-order valence-corrected chi connectivity index (χ0v) is 21.8. The van der Waals surface area contributed by atoms with Crippen LogP contribution in [-0.4, -0.2) is 53.5 Å². The number of hydrogen-bond donors (Lipinski definition) is 2. The lowest BCUT2D eigenvalue weighted by molar-refractivity contribution is -0.142. The number of amides is 3. The van der Waals surface area contributed by atoms with E-state index >= 15 is 0 Å². The van der Waals surface area contributed by atoms with Gasteiger partial charge in [-0.05, 0) is 42.7 Å². The Morgan fingerprint density at radius 2 is 1.87 bits per heavy atom. The Balaban J connectivity index is 1.32. The van der Waals surface area contributed by atoms with E-state index in [0.717, 1.165) is 32.1 Å². The van der Waals surface area contributed by atoms with Crippen LogP contribution in [0.4, 0.5) is 10.1 Å². The fraction of sp³-hybridized carbons (Fsp3) is 0.433. The molecule has 8 nitrogen and oxygen atoms in total. The highest BCUT2D eigenvalue weighted by Gasteiger charge is 2.72. The van der Waals surface area contributed by atoms with E-state index in [2.05, 4.69) is 10.6 Å². The first-order valence-electron chi connectivity index (χ1n) is 13.6. The lowest BCUT2D eigenvalue weighted by Gasteiger charge is -2.34. The van der Waals surface area contributed by atoms with Crippen LogP contribution < -0.4 is 15.4 Å². The molecule has 2 bridgehead atoms. The van der Waals surface area contributed by atoms with Crippen molar-refractivity contribution in [1.29, 1.82) is 0 Å². The van der Waals surface area contributed by atoms with Crippen LogP contribution in [-0.2, 0) is 25.7 Å². The number of carbonyl (C=O) groups is 3. The highest BCUT2D eigenvalue weighted by molar-refractivity contribution is 6.02. The third kappa shape index (κ3) is 4.48. The normalized spacial score (nSPS) is 29.4. The van der Waals surface area contributed by atoms with Crippen LogP contribution in [0, 0.1) is 17.7 Å². The molecule has 3 unspecified atom stereocenters. The summed E-state index contributed by atoms with van der Waals surface area (Å²) in [6, 6.07) is 12.0. The van der Waals surface area contributed by atoms with Crippen LogP contribution in [0.25, 0.3) is 0 Å². The summed E-state index contributed by atoms with van der Waals surface area (Å²) < 4.78 is 25.3. The van der Waals surface area contributed by atoms with Crippen molar-refractivity contribution in [3.8, 4) is 5.75 Å². The summed E-state index contributed by atoms with van der Waals surface area (Å²) in [4.78, 5) is 43.1. The van der Waals surface area contributed by atoms with Gasteiger partial charge in [0, 0.05) is 24.3 Å². The number of nitrogens with zero attached hydrogens (tertiary/aromatic N) is 1. The van der Waals surface area contributed by atoms with E-state index in [1.807, 2.05) is 0 Å². The number of carbonyl (C=O) groups excluding carboxylic acids is 3. The molecule has 9 heteroatoms. The Labute approximate surface area is 226 Å². The van der Waals surface area contributed by atoms with Crippen molar-refractivity contribution < 1.29 is 28.2 Å². The predicted molar refractivity (Wildman–Crippen MR) is 141 cm³/mol. The molecule has 3 aliphatic heterocycles. The number of nitrogens with one attached hydrogen (secondary N) is 2. The van der Waals surface area contributed by atoms with E-state index in [-0.39, 0.29) is 36.1 Å². The second-order valence-electron chi connectivity index (χ2n) is 10.9. The van der Waals surface area contributed by atoms with Gasteiger partial charge >= 0.3 is 0 Å². The fourth-order valence-electron chi connectivity index (χ4n) is 6.68. The Hall–Kier alpha value is -3.72.